The minimum absolute atomic E-state index is 0.0173. The summed E-state index contributed by atoms with van der Waals surface area (Å²) < 4.78 is 1.83. The van der Waals surface area contributed by atoms with Gasteiger partial charge in [0.25, 0.3) is 0 Å². The van der Waals surface area contributed by atoms with E-state index in [0.717, 1.165) is 30.3 Å². The molecule has 0 radical (unpaired) electrons. The van der Waals surface area contributed by atoms with Crippen molar-refractivity contribution in [3.05, 3.63) is 30.6 Å². The van der Waals surface area contributed by atoms with Gasteiger partial charge in [0.15, 0.2) is 0 Å². The molecule has 1 aromatic carbocycles. The molecule has 19 heavy (non-hydrogen) atoms. The van der Waals surface area contributed by atoms with E-state index in [1.54, 1.807) is 6.33 Å². The second kappa shape index (κ2) is 4.66. The average molecular weight is 259 g/mol. The molecule has 0 spiro atoms. The zero-order chi connectivity index (χ0) is 13.3. The molecule has 1 heterocycles. The van der Waals surface area contributed by atoms with E-state index in [0.29, 0.717) is 0 Å². The highest BCUT2D eigenvalue weighted by Crippen LogP contribution is 2.31. The number of amides is 1. The van der Waals surface area contributed by atoms with Crippen LogP contribution in [0.2, 0.25) is 0 Å². The summed E-state index contributed by atoms with van der Waals surface area (Å²) >= 11 is 0. The number of rotatable bonds is 4. The first-order valence-electron chi connectivity index (χ1n) is 6.54. The van der Waals surface area contributed by atoms with E-state index in [1.165, 1.54) is 0 Å². The fourth-order valence-electron chi connectivity index (χ4n) is 2.55. The van der Waals surface area contributed by atoms with Gasteiger partial charge in [0, 0.05) is 0 Å². The molecule has 5 nitrogen and oxygen atoms in total. The summed E-state index contributed by atoms with van der Waals surface area (Å²) in [7, 11) is 0. The number of nitrogens with one attached hydrogen (secondary N) is 1. The van der Waals surface area contributed by atoms with Crippen LogP contribution >= 0.6 is 0 Å². The third kappa shape index (κ3) is 2.21. The molecule has 0 saturated heterocycles. The van der Waals surface area contributed by atoms with Gasteiger partial charge in [0.2, 0.25) is 5.91 Å². The summed E-state index contributed by atoms with van der Waals surface area (Å²) in [4.78, 5) is 16.3. The maximum Gasteiger partial charge on any atom is 0.240 e. The van der Waals surface area contributed by atoms with E-state index in [2.05, 4.69) is 10.3 Å². The van der Waals surface area contributed by atoms with Crippen LogP contribution in [0.25, 0.3) is 11.0 Å². The van der Waals surface area contributed by atoms with Crippen LogP contribution in [0, 0.1) is 0 Å². The van der Waals surface area contributed by atoms with Crippen LogP contribution in [-0.4, -0.2) is 32.7 Å². The Bertz CT molecular complexity index is 596. The van der Waals surface area contributed by atoms with Gasteiger partial charge in [-0.1, -0.05) is 12.1 Å². The van der Waals surface area contributed by atoms with E-state index >= 15 is 0 Å². The van der Waals surface area contributed by atoms with Crippen LogP contribution < -0.4 is 5.32 Å². The van der Waals surface area contributed by atoms with Crippen molar-refractivity contribution in [2.24, 2.45) is 0 Å². The Hall–Kier alpha value is -1.88. The van der Waals surface area contributed by atoms with Crippen LogP contribution in [0.4, 0.5) is 0 Å². The van der Waals surface area contributed by atoms with Crippen LogP contribution in [0.3, 0.4) is 0 Å². The number of aliphatic hydroxyl groups is 1. The Balaban J connectivity index is 1.72. The number of aromatic nitrogens is 2. The maximum absolute atomic E-state index is 12.1. The highest BCUT2D eigenvalue weighted by atomic mass is 16.3. The molecule has 2 N–H and O–H groups in total. The van der Waals surface area contributed by atoms with E-state index in [-0.39, 0.29) is 24.6 Å². The van der Waals surface area contributed by atoms with Gasteiger partial charge < -0.3 is 15.0 Å². The number of benzene rings is 1. The van der Waals surface area contributed by atoms with E-state index in [4.69, 9.17) is 0 Å². The molecule has 100 valence electrons. The molecular weight excluding hydrogens is 242 g/mol. The molecule has 5 heteroatoms. The second-order valence-electron chi connectivity index (χ2n) is 5.20. The van der Waals surface area contributed by atoms with Crippen LogP contribution in [0.5, 0.6) is 0 Å². The zero-order valence-corrected chi connectivity index (χ0v) is 10.7. The number of carbonyl (C=O) groups is 1. The van der Waals surface area contributed by atoms with E-state index in [9.17, 15) is 9.90 Å². The molecule has 0 aliphatic heterocycles. The Morgan fingerprint density at radius 3 is 2.89 bits per heavy atom. The Labute approximate surface area is 111 Å². The Morgan fingerprint density at radius 1 is 1.42 bits per heavy atom. The van der Waals surface area contributed by atoms with Gasteiger partial charge >= 0.3 is 0 Å². The maximum atomic E-state index is 12.1. The molecule has 1 amide bonds. The molecule has 1 aromatic heterocycles. The predicted octanol–water partition coefficient (Wildman–Crippen LogP) is 1.07. The lowest BCUT2D eigenvalue weighted by Crippen LogP contribution is -2.56. The van der Waals surface area contributed by atoms with Gasteiger partial charge in [-0.05, 0) is 31.4 Å². The molecule has 0 unspecified atom stereocenters. The first-order chi connectivity index (χ1) is 9.22. The van der Waals surface area contributed by atoms with Crippen molar-refractivity contribution in [1.82, 2.24) is 14.9 Å². The fraction of sp³-hybridized carbons (Fsp3) is 0.429. The molecule has 1 aliphatic rings. The summed E-state index contributed by atoms with van der Waals surface area (Å²) in [6.07, 6.45) is 4.46. The SMILES string of the molecule is O=C(Cn1cnc2ccccc21)NC1(CO)CCC1. The Morgan fingerprint density at radius 2 is 2.21 bits per heavy atom. The molecular formula is C14H17N3O2. The Kier molecular flexibility index (Phi) is 2.98. The number of carbonyl (C=O) groups excluding carboxylic acids is 1. The minimum atomic E-state index is -0.381. The molecule has 2 aromatic rings. The standard InChI is InChI=1S/C14H17N3O2/c18-9-14(6-3-7-14)16-13(19)8-17-10-15-11-4-1-2-5-12(11)17/h1-2,4-5,10,18H,3,6-9H2,(H,16,19). The van der Waals surface area contributed by atoms with E-state index in [1.807, 2.05) is 28.8 Å². The van der Waals surface area contributed by atoms with Crippen LogP contribution in [0.1, 0.15) is 19.3 Å². The summed E-state index contributed by atoms with van der Waals surface area (Å²) in [5.74, 6) is -0.0723. The van der Waals surface area contributed by atoms with Crippen molar-refractivity contribution in [1.29, 1.82) is 0 Å². The monoisotopic (exact) mass is 259 g/mol. The molecule has 1 saturated carbocycles. The zero-order valence-electron chi connectivity index (χ0n) is 10.7. The molecule has 1 aliphatic carbocycles. The topological polar surface area (TPSA) is 67.2 Å². The lowest BCUT2D eigenvalue weighted by atomic mass is 9.77. The van der Waals surface area contributed by atoms with Gasteiger partial charge in [-0.2, -0.15) is 0 Å². The highest BCUT2D eigenvalue weighted by Gasteiger charge is 2.37. The summed E-state index contributed by atoms with van der Waals surface area (Å²) in [6.45, 7) is 0.256. The molecule has 1 fully saturated rings. The van der Waals surface area contributed by atoms with Crippen molar-refractivity contribution in [3.63, 3.8) is 0 Å². The molecule has 0 bridgehead atoms. The average Bonchev–Trinajstić information content (AvgIpc) is 2.78. The smallest absolute Gasteiger partial charge is 0.240 e. The largest absolute Gasteiger partial charge is 0.394 e. The second-order valence-corrected chi connectivity index (χ2v) is 5.20. The molecule has 3 rings (SSSR count). The number of para-hydroxylation sites is 2. The van der Waals surface area contributed by atoms with Gasteiger partial charge in [-0.15, -0.1) is 0 Å². The molecule has 0 atom stereocenters. The van der Waals surface area contributed by atoms with Gasteiger partial charge in [-0.25, -0.2) is 4.98 Å². The lowest BCUT2D eigenvalue weighted by Gasteiger charge is -2.40. The third-order valence-corrected chi connectivity index (χ3v) is 3.86. The predicted molar refractivity (Wildman–Crippen MR) is 71.5 cm³/mol. The first kappa shape index (κ1) is 12.2. The normalized spacial score (nSPS) is 17.1. The quantitative estimate of drug-likeness (QED) is 0.863. The number of hydrogen-bond acceptors (Lipinski definition) is 3. The lowest BCUT2D eigenvalue weighted by molar-refractivity contribution is -0.125. The number of nitrogens with zero attached hydrogens (tertiary/aromatic N) is 2. The number of imidazole rings is 1. The van der Waals surface area contributed by atoms with Crippen LogP contribution in [-0.2, 0) is 11.3 Å². The van der Waals surface area contributed by atoms with Gasteiger partial charge in [-0.3, -0.25) is 4.79 Å². The van der Waals surface area contributed by atoms with Crippen LogP contribution in [0.15, 0.2) is 30.6 Å². The number of fused-ring (bicyclic) bond motifs is 1. The van der Waals surface area contributed by atoms with Crippen molar-refractivity contribution in [3.8, 4) is 0 Å². The van der Waals surface area contributed by atoms with Crippen molar-refractivity contribution >= 4 is 16.9 Å². The fourth-order valence-corrected chi connectivity index (χ4v) is 2.55. The summed E-state index contributed by atoms with van der Waals surface area (Å²) in [5.41, 5.74) is 1.45. The summed E-state index contributed by atoms with van der Waals surface area (Å²) in [6, 6.07) is 7.72. The minimum Gasteiger partial charge on any atom is -0.394 e. The number of aliphatic hydroxyl groups excluding tert-OH is 1. The highest BCUT2D eigenvalue weighted by molar-refractivity contribution is 5.81. The van der Waals surface area contributed by atoms with E-state index < -0.39 is 0 Å². The third-order valence-electron chi connectivity index (χ3n) is 3.86. The number of hydrogen-bond donors (Lipinski definition) is 2. The van der Waals surface area contributed by atoms with Crippen molar-refractivity contribution in [2.75, 3.05) is 6.61 Å². The van der Waals surface area contributed by atoms with Gasteiger partial charge in [0.05, 0.1) is 29.5 Å². The first-order valence-corrected chi connectivity index (χ1v) is 6.54. The summed E-state index contributed by atoms with van der Waals surface area (Å²) in [5, 5.41) is 12.3. The van der Waals surface area contributed by atoms with Gasteiger partial charge in [0.1, 0.15) is 6.54 Å². The van der Waals surface area contributed by atoms with Crippen molar-refractivity contribution in [2.45, 2.75) is 31.3 Å². The van der Waals surface area contributed by atoms with Crippen molar-refractivity contribution < 1.29 is 9.90 Å².